The third-order valence-electron chi connectivity index (χ3n) is 8.60. The average Bonchev–Trinajstić information content (AvgIpc) is 3.35. The van der Waals surface area contributed by atoms with Crippen LogP contribution >= 0.6 is 0 Å². The largest absolute Gasteiger partial charge is 0.541 e. The molecule has 1 heterocycles. The van der Waals surface area contributed by atoms with E-state index >= 15 is 0 Å². The van der Waals surface area contributed by atoms with Crippen molar-refractivity contribution >= 4 is 25.3 Å². The van der Waals surface area contributed by atoms with E-state index in [0.29, 0.717) is 32.3 Å². The number of carbonyl (C=O) groups is 1. The molecule has 1 aromatic heterocycles. The summed E-state index contributed by atoms with van der Waals surface area (Å²) in [5.74, 6) is 1.52. The fraction of sp³-hybridized carbons (Fsp3) is 0.643. The monoisotopic (exact) mass is 481 g/mol. The van der Waals surface area contributed by atoms with Crippen LogP contribution in [0.5, 0.6) is 5.75 Å². The van der Waals surface area contributed by atoms with Gasteiger partial charge < -0.3 is 13.6 Å². The van der Waals surface area contributed by atoms with Gasteiger partial charge in [-0.1, -0.05) is 33.8 Å². The Morgan fingerprint density at radius 3 is 2.38 bits per heavy atom. The lowest BCUT2D eigenvalue weighted by Crippen LogP contribution is -2.43. The molecular formula is C28H39NO4Si. The first-order chi connectivity index (χ1) is 15.9. The average molecular weight is 482 g/mol. The van der Waals surface area contributed by atoms with Crippen LogP contribution in [0.25, 0.3) is 11.0 Å². The fourth-order valence-corrected chi connectivity index (χ4v) is 5.82. The molecule has 0 atom stereocenters. The van der Waals surface area contributed by atoms with Gasteiger partial charge in [0.1, 0.15) is 11.5 Å². The van der Waals surface area contributed by atoms with Gasteiger partial charge in [-0.3, -0.25) is 4.79 Å². The normalized spacial score (nSPS) is 24.5. The van der Waals surface area contributed by atoms with Crippen LogP contribution in [0, 0.1) is 17.2 Å². The van der Waals surface area contributed by atoms with E-state index in [1.54, 1.807) is 0 Å². The molecule has 0 unspecified atom stereocenters. The van der Waals surface area contributed by atoms with E-state index in [-0.39, 0.29) is 22.3 Å². The molecule has 0 aliphatic heterocycles. The summed E-state index contributed by atoms with van der Waals surface area (Å²) in [5.41, 5.74) is 1.22. The molecule has 1 aromatic carbocycles. The quantitative estimate of drug-likeness (QED) is 0.318. The Morgan fingerprint density at radius 2 is 1.85 bits per heavy atom. The van der Waals surface area contributed by atoms with Crippen LogP contribution < -0.4 is 4.43 Å². The Bertz CT molecular complexity index is 1120. The highest BCUT2D eigenvalue weighted by molar-refractivity contribution is 6.74. The number of furan rings is 1. The predicted molar refractivity (Wildman–Crippen MR) is 137 cm³/mol. The summed E-state index contributed by atoms with van der Waals surface area (Å²) in [7, 11) is -2.07. The van der Waals surface area contributed by atoms with Crippen molar-refractivity contribution in [3.8, 4) is 11.8 Å². The second-order valence-electron chi connectivity index (χ2n) is 12.1. The first-order valence-electron chi connectivity index (χ1n) is 12.7. The molecule has 0 saturated heterocycles. The highest BCUT2D eigenvalue weighted by atomic mass is 28.4. The van der Waals surface area contributed by atoms with Crippen LogP contribution in [-0.2, 0) is 20.4 Å². The number of rotatable bonds is 6. The van der Waals surface area contributed by atoms with E-state index in [1.165, 1.54) is 0 Å². The maximum absolute atomic E-state index is 12.3. The SMILES string of the molecule is CCOC(=O)C1CCC(C#N)(c2ccc(O[Si](C)(C)C(C)(C)C)c3oc(C4(C)CC4)cc23)CC1. The molecule has 0 N–H and O–H groups in total. The molecule has 184 valence electrons. The van der Waals surface area contributed by atoms with E-state index in [2.05, 4.69) is 59.0 Å². The van der Waals surface area contributed by atoms with Gasteiger partial charge in [0.25, 0.3) is 8.32 Å². The number of esters is 1. The number of nitriles is 1. The lowest BCUT2D eigenvalue weighted by atomic mass is 9.67. The molecule has 0 bridgehead atoms. The molecule has 5 nitrogen and oxygen atoms in total. The Morgan fingerprint density at radius 1 is 1.21 bits per heavy atom. The van der Waals surface area contributed by atoms with Crippen molar-refractivity contribution in [3.05, 3.63) is 29.5 Å². The van der Waals surface area contributed by atoms with Gasteiger partial charge in [-0.25, -0.2) is 0 Å². The topological polar surface area (TPSA) is 72.5 Å². The maximum atomic E-state index is 12.3. The van der Waals surface area contributed by atoms with Crippen LogP contribution in [0.15, 0.2) is 22.6 Å². The smallest absolute Gasteiger partial charge is 0.308 e. The van der Waals surface area contributed by atoms with E-state index in [0.717, 1.165) is 40.9 Å². The summed E-state index contributed by atoms with van der Waals surface area (Å²) in [4.78, 5) is 12.3. The molecule has 2 saturated carbocycles. The molecule has 2 fully saturated rings. The lowest BCUT2D eigenvalue weighted by Gasteiger charge is -2.37. The minimum Gasteiger partial charge on any atom is -0.541 e. The molecular weight excluding hydrogens is 442 g/mol. The number of nitrogens with zero attached hydrogens (tertiary/aromatic N) is 1. The summed E-state index contributed by atoms with van der Waals surface area (Å²) in [6.07, 6.45) is 4.85. The highest BCUT2D eigenvalue weighted by Crippen LogP contribution is 2.52. The minimum atomic E-state index is -2.07. The summed E-state index contributed by atoms with van der Waals surface area (Å²) in [5, 5.41) is 11.5. The van der Waals surface area contributed by atoms with Crippen LogP contribution in [0.3, 0.4) is 0 Å². The van der Waals surface area contributed by atoms with Crippen molar-refractivity contribution in [1.82, 2.24) is 0 Å². The molecule has 2 aliphatic carbocycles. The Kier molecular flexibility index (Phi) is 6.17. The minimum absolute atomic E-state index is 0.0647. The zero-order valence-corrected chi connectivity index (χ0v) is 22.8. The Hall–Kier alpha value is -2.26. The van der Waals surface area contributed by atoms with Gasteiger partial charge in [-0.15, -0.1) is 0 Å². The van der Waals surface area contributed by atoms with Gasteiger partial charge in [-0.2, -0.15) is 5.26 Å². The zero-order valence-electron chi connectivity index (χ0n) is 21.8. The molecule has 0 spiro atoms. The van der Waals surface area contributed by atoms with Crippen LogP contribution in [0.2, 0.25) is 18.1 Å². The second kappa shape index (κ2) is 8.44. The first-order valence-corrected chi connectivity index (χ1v) is 15.6. The predicted octanol–water partition coefficient (Wildman–Crippen LogP) is 7.38. The van der Waals surface area contributed by atoms with E-state index < -0.39 is 13.7 Å². The number of hydrogen-bond acceptors (Lipinski definition) is 5. The number of benzene rings is 1. The summed E-state index contributed by atoms with van der Waals surface area (Å²) in [6.45, 7) is 15.7. The van der Waals surface area contributed by atoms with Crippen LogP contribution in [0.1, 0.15) is 84.5 Å². The van der Waals surface area contributed by atoms with E-state index in [4.69, 9.17) is 13.6 Å². The summed E-state index contributed by atoms with van der Waals surface area (Å²) in [6, 6.07) is 8.89. The van der Waals surface area contributed by atoms with Crippen molar-refractivity contribution < 1.29 is 18.4 Å². The van der Waals surface area contributed by atoms with Gasteiger partial charge >= 0.3 is 5.97 Å². The maximum Gasteiger partial charge on any atom is 0.308 e. The number of carbonyl (C=O) groups excluding carboxylic acids is 1. The van der Waals surface area contributed by atoms with Gasteiger partial charge in [0, 0.05) is 10.8 Å². The number of fused-ring (bicyclic) bond motifs is 1. The Balaban J connectivity index is 1.76. The zero-order chi connectivity index (χ0) is 24.9. The van der Waals surface area contributed by atoms with Crippen molar-refractivity contribution in [2.45, 2.75) is 102 Å². The molecule has 2 aromatic rings. The summed E-state index contributed by atoms with van der Waals surface area (Å²) < 4.78 is 18.5. The molecule has 6 heteroatoms. The third kappa shape index (κ3) is 4.28. The molecule has 34 heavy (non-hydrogen) atoms. The first kappa shape index (κ1) is 24.8. The van der Waals surface area contributed by atoms with Crippen molar-refractivity contribution in [2.75, 3.05) is 6.61 Å². The van der Waals surface area contributed by atoms with Crippen molar-refractivity contribution in [3.63, 3.8) is 0 Å². The van der Waals surface area contributed by atoms with Crippen molar-refractivity contribution in [1.29, 1.82) is 5.26 Å². The standard InChI is InChI=1S/C28H39NO4Si/c1-8-31-25(30)19-11-13-28(18-29,14-12-19)21-9-10-22(33-34(6,7)26(2,3)4)24-20(21)17-23(32-24)27(5)15-16-27/h9-10,17,19H,8,11-16H2,1-7H3. The molecule has 2 aliphatic rings. The van der Waals surface area contributed by atoms with Crippen molar-refractivity contribution in [2.24, 2.45) is 5.92 Å². The second-order valence-corrected chi connectivity index (χ2v) is 16.8. The molecule has 0 radical (unpaired) electrons. The summed E-state index contributed by atoms with van der Waals surface area (Å²) >= 11 is 0. The highest BCUT2D eigenvalue weighted by Gasteiger charge is 2.45. The molecule has 4 rings (SSSR count). The van der Waals surface area contributed by atoms with Crippen LogP contribution in [0.4, 0.5) is 0 Å². The number of hydrogen-bond donors (Lipinski definition) is 0. The van der Waals surface area contributed by atoms with Gasteiger partial charge in [-0.05, 0) is 81.3 Å². The lowest BCUT2D eigenvalue weighted by molar-refractivity contribution is -0.149. The van der Waals surface area contributed by atoms with Gasteiger partial charge in [0.05, 0.1) is 24.0 Å². The fourth-order valence-electron chi connectivity index (χ4n) is 4.80. The van der Waals surface area contributed by atoms with Gasteiger partial charge in [0.2, 0.25) is 0 Å². The van der Waals surface area contributed by atoms with Crippen LogP contribution in [-0.4, -0.2) is 20.9 Å². The van der Waals surface area contributed by atoms with Gasteiger partial charge in [0.15, 0.2) is 5.58 Å². The number of ether oxygens (including phenoxy) is 1. The van der Waals surface area contributed by atoms with E-state index in [9.17, 15) is 10.1 Å². The molecule has 0 amide bonds. The Labute approximate surface area is 204 Å². The third-order valence-corrected chi connectivity index (χ3v) is 12.9. The van der Waals surface area contributed by atoms with E-state index in [1.807, 2.05) is 13.0 Å².